The molecule has 0 aliphatic carbocycles. The highest BCUT2D eigenvalue weighted by Crippen LogP contribution is 2.28. The maximum absolute atomic E-state index is 13.8. The van der Waals surface area contributed by atoms with Crippen LogP contribution in [0.25, 0.3) is 11.0 Å². The molecule has 10 nitrogen and oxygen atoms in total. The van der Waals surface area contributed by atoms with Gasteiger partial charge in [-0.1, -0.05) is 0 Å². The van der Waals surface area contributed by atoms with Gasteiger partial charge in [0.2, 0.25) is 5.82 Å². The molecule has 1 aliphatic heterocycles. The standard InChI is InChI=1S/C16H15F2NO9/c17-6-2-4-1-5(15(25)28-13(4)8(18)10(6)21)14(24)19-9-12(23)11(22)7(3-20)27-16(9)26/h1-2,7,9,11-12,16,20-23,26H,3H2,(H,19,24)/t7?,9?,11-,12-,16-/m1/s1. The highest BCUT2D eigenvalue weighted by atomic mass is 19.1. The minimum absolute atomic E-state index is 0.348. The van der Waals surface area contributed by atoms with Crippen LogP contribution in [0.4, 0.5) is 8.78 Å². The van der Waals surface area contributed by atoms with Crippen molar-refractivity contribution in [2.24, 2.45) is 0 Å². The van der Waals surface area contributed by atoms with Crippen molar-refractivity contribution in [2.45, 2.75) is 30.6 Å². The van der Waals surface area contributed by atoms with Gasteiger partial charge in [-0.3, -0.25) is 4.79 Å². The fourth-order valence-corrected chi connectivity index (χ4v) is 2.82. The van der Waals surface area contributed by atoms with E-state index >= 15 is 0 Å². The van der Waals surface area contributed by atoms with Crippen molar-refractivity contribution in [2.75, 3.05) is 6.61 Å². The largest absolute Gasteiger partial charge is 0.503 e. The van der Waals surface area contributed by atoms with E-state index in [0.29, 0.717) is 6.07 Å². The Balaban J connectivity index is 1.92. The molecule has 2 aromatic rings. The van der Waals surface area contributed by atoms with Gasteiger partial charge in [0.1, 0.15) is 29.9 Å². The summed E-state index contributed by atoms with van der Waals surface area (Å²) in [7, 11) is 0. The van der Waals surface area contributed by atoms with Gasteiger partial charge in [-0.2, -0.15) is 4.39 Å². The molecular weight excluding hydrogens is 388 g/mol. The molecule has 1 aromatic carbocycles. The van der Waals surface area contributed by atoms with Crippen molar-refractivity contribution >= 4 is 16.9 Å². The molecule has 3 rings (SSSR count). The lowest BCUT2D eigenvalue weighted by molar-refractivity contribution is -0.252. The van der Waals surface area contributed by atoms with Crippen LogP contribution in [0.1, 0.15) is 10.4 Å². The van der Waals surface area contributed by atoms with Gasteiger partial charge in [-0.15, -0.1) is 0 Å². The average Bonchev–Trinajstić information content (AvgIpc) is 2.66. The van der Waals surface area contributed by atoms with Gasteiger partial charge >= 0.3 is 5.63 Å². The van der Waals surface area contributed by atoms with Crippen LogP contribution in [0, 0.1) is 11.6 Å². The first-order valence-corrected chi connectivity index (χ1v) is 7.92. The van der Waals surface area contributed by atoms with Gasteiger partial charge in [-0.25, -0.2) is 9.18 Å². The number of aliphatic hydroxyl groups excluding tert-OH is 4. The van der Waals surface area contributed by atoms with Crippen molar-refractivity contribution in [1.29, 1.82) is 0 Å². The molecule has 1 aliphatic rings. The third-order valence-corrected chi connectivity index (χ3v) is 4.33. The quantitative estimate of drug-likeness (QED) is 0.327. The maximum atomic E-state index is 13.8. The number of ether oxygens (including phenoxy) is 1. The molecule has 2 heterocycles. The third-order valence-electron chi connectivity index (χ3n) is 4.33. The van der Waals surface area contributed by atoms with Crippen molar-refractivity contribution < 1.29 is 48.3 Å². The molecule has 5 atom stereocenters. The van der Waals surface area contributed by atoms with Gasteiger partial charge in [-0.05, 0) is 12.1 Å². The lowest BCUT2D eigenvalue weighted by atomic mass is 9.97. The topological polar surface area (TPSA) is 170 Å². The molecule has 6 N–H and O–H groups in total. The SMILES string of the molecule is O=C(NC1[C@H](O)OC(CO)[C@@H](O)[C@@H]1O)c1cc2cc(F)c(O)c(F)c2oc1=O. The molecule has 2 unspecified atom stereocenters. The van der Waals surface area contributed by atoms with E-state index in [9.17, 15) is 38.8 Å². The molecule has 0 bridgehead atoms. The van der Waals surface area contributed by atoms with Crippen molar-refractivity contribution in [3.05, 3.63) is 39.8 Å². The van der Waals surface area contributed by atoms with E-state index in [1.807, 2.05) is 0 Å². The zero-order chi connectivity index (χ0) is 20.7. The molecule has 1 aromatic heterocycles. The van der Waals surface area contributed by atoms with Gasteiger partial charge in [0.25, 0.3) is 5.91 Å². The molecule has 1 fully saturated rings. The summed E-state index contributed by atoms with van der Waals surface area (Å²) in [6.07, 6.45) is -6.55. The van der Waals surface area contributed by atoms with Crippen LogP contribution in [0.5, 0.6) is 5.75 Å². The van der Waals surface area contributed by atoms with Crippen LogP contribution >= 0.6 is 0 Å². The Bertz CT molecular complexity index is 979. The predicted molar refractivity (Wildman–Crippen MR) is 85.3 cm³/mol. The summed E-state index contributed by atoms with van der Waals surface area (Å²) >= 11 is 0. The Morgan fingerprint density at radius 3 is 2.50 bits per heavy atom. The molecule has 28 heavy (non-hydrogen) atoms. The first kappa shape index (κ1) is 20.1. The number of benzene rings is 1. The smallest absolute Gasteiger partial charge is 0.349 e. The number of halogens is 2. The van der Waals surface area contributed by atoms with E-state index in [-0.39, 0.29) is 5.39 Å². The number of carbonyl (C=O) groups excluding carboxylic acids is 1. The number of hydrogen-bond donors (Lipinski definition) is 6. The summed E-state index contributed by atoms with van der Waals surface area (Å²) in [5.41, 5.74) is -2.85. The van der Waals surface area contributed by atoms with Gasteiger partial charge in [0.05, 0.1) is 6.61 Å². The summed E-state index contributed by atoms with van der Waals surface area (Å²) in [5, 5.41) is 49.6. The highest BCUT2D eigenvalue weighted by Gasteiger charge is 2.44. The fourth-order valence-electron chi connectivity index (χ4n) is 2.82. The molecule has 0 saturated carbocycles. The van der Waals surface area contributed by atoms with E-state index < -0.39 is 77.3 Å². The predicted octanol–water partition coefficient (Wildman–Crippen LogP) is -1.69. The zero-order valence-electron chi connectivity index (χ0n) is 13.9. The van der Waals surface area contributed by atoms with E-state index in [4.69, 9.17) is 9.84 Å². The lowest BCUT2D eigenvalue weighted by Crippen LogP contribution is -2.64. The van der Waals surface area contributed by atoms with Crippen molar-refractivity contribution in [1.82, 2.24) is 5.32 Å². The van der Waals surface area contributed by atoms with Crippen molar-refractivity contribution in [3.63, 3.8) is 0 Å². The number of phenols is 1. The summed E-state index contributed by atoms with van der Waals surface area (Å²) in [5.74, 6) is -5.43. The number of aromatic hydroxyl groups is 1. The molecule has 12 heteroatoms. The van der Waals surface area contributed by atoms with Crippen molar-refractivity contribution in [3.8, 4) is 5.75 Å². The number of hydrogen-bond acceptors (Lipinski definition) is 9. The summed E-state index contributed by atoms with van der Waals surface area (Å²) in [6.45, 7) is -0.714. The number of amides is 1. The number of carbonyl (C=O) groups is 1. The Kier molecular flexibility index (Phi) is 5.32. The van der Waals surface area contributed by atoms with Gasteiger partial charge in [0, 0.05) is 5.39 Å². The molecular formula is C16H15F2NO9. The van der Waals surface area contributed by atoms with Crippen LogP contribution in [0.15, 0.2) is 21.3 Å². The van der Waals surface area contributed by atoms with Crippen LogP contribution < -0.4 is 10.9 Å². The third kappa shape index (κ3) is 3.31. The number of nitrogens with one attached hydrogen (secondary N) is 1. The molecule has 0 spiro atoms. The monoisotopic (exact) mass is 403 g/mol. The Morgan fingerprint density at radius 2 is 1.86 bits per heavy atom. The summed E-state index contributed by atoms with van der Waals surface area (Å²) in [6, 6.07) is -0.165. The number of fused-ring (bicyclic) bond motifs is 1. The Hall–Kier alpha value is -2.64. The molecule has 0 radical (unpaired) electrons. The second-order valence-corrected chi connectivity index (χ2v) is 6.11. The van der Waals surface area contributed by atoms with Crippen LogP contribution in [-0.2, 0) is 4.74 Å². The normalized spacial score (nSPS) is 27.7. The minimum Gasteiger partial charge on any atom is -0.503 e. The minimum atomic E-state index is -1.83. The van der Waals surface area contributed by atoms with Crippen LogP contribution in [0.3, 0.4) is 0 Å². The molecule has 1 saturated heterocycles. The van der Waals surface area contributed by atoms with Gasteiger partial charge in [0.15, 0.2) is 23.4 Å². The van der Waals surface area contributed by atoms with E-state index in [2.05, 4.69) is 9.73 Å². The van der Waals surface area contributed by atoms with Crippen LogP contribution in [-0.4, -0.2) is 68.7 Å². The summed E-state index contributed by atoms with van der Waals surface area (Å²) < 4.78 is 36.8. The average molecular weight is 403 g/mol. The number of phenolic OH excluding ortho intramolecular Hbond substituents is 1. The fraction of sp³-hybridized carbons (Fsp3) is 0.375. The number of rotatable bonds is 3. The zero-order valence-corrected chi connectivity index (χ0v) is 13.9. The lowest BCUT2D eigenvalue weighted by Gasteiger charge is -2.40. The van der Waals surface area contributed by atoms with E-state index in [0.717, 1.165) is 6.07 Å². The number of aliphatic hydroxyl groups is 4. The van der Waals surface area contributed by atoms with Crippen LogP contribution in [0.2, 0.25) is 0 Å². The Labute approximate surface area is 154 Å². The Morgan fingerprint density at radius 1 is 1.18 bits per heavy atom. The maximum Gasteiger partial charge on any atom is 0.349 e. The van der Waals surface area contributed by atoms with E-state index in [1.54, 1.807) is 0 Å². The second-order valence-electron chi connectivity index (χ2n) is 6.11. The first-order valence-electron chi connectivity index (χ1n) is 7.92. The van der Waals surface area contributed by atoms with E-state index in [1.165, 1.54) is 0 Å². The molecule has 1 amide bonds. The van der Waals surface area contributed by atoms with Gasteiger partial charge < -0.3 is 40.0 Å². The highest BCUT2D eigenvalue weighted by molar-refractivity contribution is 5.97. The first-order chi connectivity index (χ1) is 13.1. The summed E-state index contributed by atoms with van der Waals surface area (Å²) in [4.78, 5) is 24.3. The second kappa shape index (κ2) is 7.41. The molecule has 152 valence electrons.